The largest absolute Gasteiger partial charge is 0.335 e. The van der Waals surface area contributed by atoms with Gasteiger partial charge in [-0.3, -0.25) is 4.79 Å². The third-order valence-electron chi connectivity index (χ3n) is 3.10. The van der Waals surface area contributed by atoms with Gasteiger partial charge in [0.15, 0.2) is 5.01 Å². The van der Waals surface area contributed by atoms with E-state index in [0.29, 0.717) is 5.01 Å². The zero-order valence-electron chi connectivity index (χ0n) is 10.1. The van der Waals surface area contributed by atoms with Gasteiger partial charge in [0.05, 0.1) is 10.2 Å². The summed E-state index contributed by atoms with van der Waals surface area (Å²) in [6.45, 7) is 3.46. The second-order valence-electron chi connectivity index (χ2n) is 4.38. The number of hydrogen-bond acceptors (Lipinski definition) is 4. The Bertz CT molecular complexity index is 525. The maximum absolute atomic E-state index is 12.4. The lowest BCUT2D eigenvalue weighted by Crippen LogP contribution is -2.34. The molecular weight excluding hydrogens is 246 g/mol. The minimum Gasteiger partial charge on any atom is -0.335 e. The first kappa shape index (κ1) is 11.6. The number of amides is 1. The fourth-order valence-corrected chi connectivity index (χ4v) is 3.08. The molecule has 4 nitrogen and oxygen atoms in total. The highest BCUT2D eigenvalue weighted by Crippen LogP contribution is 2.22. The van der Waals surface area contributed by atoms with Crippen molar-refractivity contribution in [2.24, 2.45) is 0 Å². The summed E-state index contributed by atoms with van der Waals surface area (Å²) >= 11 is 1.48. The van der Waals surface area contributed by atoms with Gasteiger partial charge in [-0.1, -0.05) is 12.1 Å². The highest BCUT2D eigenvalue weighted by atomic mass is 32.1. The molecule has 0 bridgehead atoms. The van der Waals surface area contributed by atoms with Gasteiger partial charge in [0.2, 0.25) is 0 Å². The maximum atomic E-state index is 12.4. The summed E-state index contributed by atoms with van der Waals surface area (Å²) < 4.78 is 1.08. The van der Waals surface area contributed by atoms with Crippen molar-refractivity contribution in [1.29, 1.82) is 0 Å². The number of hydrogen-bond donors (Lipinski definition) is 1. The molecule has 1 amide bonds. The van der Waals surface area contributed by atoms with Crippen molar-refractivity contribution in [2.75, 3.05) is 26.2 Å². The van der Waals surface area contributed by atoms with Crippen LogP contribution in [0.2, 0.25) is 0 Å². The van der Waals surface area contributed by atoms with Gasteiger partial charge in [-0.05, 0) is 25.1 Å². The first-order valence-electron chi connectivity index (χ1n) is 6.20. The van der Waals surface area contributed by atoms with E-state index in [0.717, 1.165) is 42.8 Å². The lowest BCUT2D eigenvalue weighted by molar-refractivity contribution is 0.0766. The van der Waals surface area contributed by atoms with Crippen LogP contribution in [0.5, 0.6) is 0 Å². The molecule has 2 aromatic rings. The second-order valence-corrected chi connectivity index (χ2v) is 5.41. The summed E-state index contributed by atoms with van der Waals surface area (Å²) in [6, 6.07) is 7.89. The summed E-state index contributed by atoms with van der Waals surface area (Å²) in [7, 11) is 0. The van der Waals surface area contributed by atoms with Gasteiger partial charge in [0, 0.05) is 19.6 Å². The Morgan fingerprint density at radius 1 is 1.28 bits per heavy atom. The Hall–Kier alpha value is -1.46. The molecule has 0 radical (unpaired) electrons. The normalized spacial score (nSPS) is 16.8. The van der Waals surface area contributed by atoms with Gasteiger partial charge in [-0.15, -0.1) is 11.3 Å². The summed E-state index contributed by atoms with van der Waals surface area (Å²) in [5.41, 5.74) is 0.916. The fourth-order valence-electron chi connectivity index (χ4n) is 2.15. The number of carbonyl (C=O) groups excluding carboxylic acids is 1. The number of thiazole rings is 1. The van der Waals surface area contributed by atoms with Crippen molar-refractivity contribution in [2.45, 2.75) is 6.42 Å². The number of benzene rings is 1. The molecule has 0 spiro atoms. The third kappa shape index (κ3) is 2.23. The molecule has 5 heteroatoms. The Kier molecular flexibility index (Phi) is 3.25. The Morgan fingerprint density at radius 3 is 3.06 bits per heavy atom. The topological polar surface area (TPSA) is 45.2 Å². The van der Waals surface area contributed by atoms with Crippen LogP contribution in [0, 0.1) is 0 Å². The van der Waals surface area contributed by atoms with Gasteiger partial charge >= 0.3 is 0 Å². The summed E-state index contributed by atoms with van der Waals surface area (Å²) in [5.74, 6) is 0.0694. The van der Waals surface area contributed by atoms with Gasteiger partial charge < -0.3 is 10.2 Å². The number of rotatable bonds is 1. The predicted molar refractivity (Wildman–Crippen MR) is 73.0 cm³/mol. The quantitative estimate of drug-likeness (QED) is 0.850. The van der Waals surface area contributed by atoms with E-state index in [2.05, 4.69) is 10.3 Å². The molecule has 1 saturated heterocycles. The highest BCUT2D eigenvalue weighted by Gasteiger charge is 2.20. The van der Waals surface area contributed by atoms with E-state index in [-0.39, 0.29) is 5.91 Å². The van der Waals surface area contributed by atoms with Crippen LogP contribution in [0.3, 0.4) is 0 Å². The molecule has 0 saturated carbocycles. The van der Waals surface area contributed by atoms with Crippen molar-refractivity contribution in [3.05, 3.63) is 29.3 Å². The first-order chi connectivity index (χ1) is 8.84. The molecule has 0 atom stereocenters. The SMILES string of the molecule is O=C(c1nc2ccccc2s1)N1CCCNCC1. The Labute approximate surface area is 110 Å². The van der Waals surface area contributed by atoms with Crippen LogP contribution in [0.15, 0.2) is 24.3 Å². The Morgan fingerprint density at radius 2 is 2.17 bits per heavy atom. The number of nitrogens with one attached hydrogen (secondary N) is 1. The van der Waals surface area contributed by atoms with E-state index in [1.807, 2.05) is 29.2 Å². The van der Waals surface area contributed by atoms with Crippen LogP contribution in [0.25, 0.3) is 10.2 Å². The number of fused-ring (bicyclic) bond motifs is 1. The van der Waals surface area contributed by atoms with Crippen molar-refractivity contribution in [1.82, 2.24) is 15.2 Å². The Balaban J connectivity index is 1.86. The van der Waals surface area contributed by atoms with Crippen molar-refractivity contribution in [3.8, 4) is 0 Å². The zero-order chi connectivity index (χ0) is 12.4. The van der Waals surface area contributed by atoms with Gasteiger partial charge in [0.1, 0.15) is 0 Å². The number of aromatic nitrogens is 1. The lowest BCUT2D eigenvalue weighted by Gasteiger charge is -2.18. The van der Waals surface area contributed by atoms with Crippen molar-refractivity contribution < 1.29 is 4.79 Å². The van der Waals surface area contributed by atoms with Crippen LogP contribution in [0.4, 0.5) is 0 Å². The van der Waals surface area contributed by atoms with Gasteiger partial charge in [0.25, 0.3) is 5.91 Å². The van der Waals surface area contributed by atoms with E-state index in [4.69, 9.17) is 0 Å². The van der Waals surface area contributed by atoms with E-state index in [1.165, 1.54) is 11.3 Å². The minimum absolute atomic E-state index is 0.0694. The predicted octanol–water partition coefficient (Wildman–Crippen LogP) is 1.73. The minimum atomic E-state index is 0.0694. The van der Waals surface area contributed by atoms with Crippen LogP contribution < -0.4 is 5.32 Å². The van der Waals surface area contributed by atoms with E-state index < -0.39 is 0 Å². The standard InChI is InChI=1S/C13H15N3OS/c17-13(16-8-3-6-14-7-9-16)12-15-10-4-1-2-5-11(10)18-12/h1-2,4-5,14H,3,6-9H2. The number of nitrogens with zero attached hydrogens (tertiary/aromatic N) is 2. The zero-order valence-corrected chi connectivity index (χ0v) is 10.9. The average Bonchev–Trinajstić information content (AvgIpc) is 2.64. The smallest absolute Gasteiger partial charge is 0.282 e. The van der Waals surface area contributed by atoms with E-state index >= 15 is 0 Å². The van der Waals surface area contributed by atoms with E-state index in [1.54, 1.807) is 0 Å². The van der Waals surface area contributed by atoms with Crippen LogP contribution >= 0.6 is 11.3 Å². The molecule has 1 aliphatic rings. The molecule has 1 aromatic carbocycles. The van der Waals surface area contributed by atoms with Crippen molar-refractivity contribution >= 4 is 27.5 Å². The lowest BCUT2D eigenvalue weighted by atomic mass is 10.3. The first-order valence-corrected chi connectivity index (χ1v) is 7.02. The maximum Gasteiger partial charge on any atom is 0.282 e. The van der Waals surface area contributed by atoms with Crippen molar-refractivity contribution in [3.63, 3.8) is 0 Å². The number of carbonyl (C=O) groups is 1. The van der Waals surface area contributed by atoms with Gasteiger partial charge in [-0.25, -0.2) is 4.98 Å². The molecule has 1 aromatic heterocycles. The summed E-state index contributed by atoms with van der Waals surface area (Å²) in [5, 5.41) is 3.91. The van der Waals surface area contributed by atoms with Crippen LogP contribution in [-0.4, -0.2) is 42.0 Å². The molecular formula is C13H15N3OS. The van der Waals surface area contributed by atoms with Crippen LogP contribution in [-0.2, 0) is 0 Å². The summed E-state index contributed by atoms with van der Waals surface area (Å²) in [6.07, 6.45) is 1.01. The average molecular weight is 261 g/mol. The van der Waals surface area contributed by atoms with E-state index in [9.17, 15) is 4.79 Å². The molecule has 0 aliphatic carbocycles. The second kappa shape index (κ2) is 5.04. The fraction of sp³-hybridized carbons (Fsp3) is 0.385. The van der Waals surface area contributed by atoms with Crippen LogP contribution in [0.1, 0.15) is 16.2 Å². The molecule has 2 heterocycles. The molecule has 1 fully saturated rings. The third-order valence-corrected chi connectivity index (χ3v) is 4.13. The summed E-state index contributed by atoms with van der Waals surface area (Å²) in [4.78, 5) is 18.7. The number of para-hydroxylation sites is 1. The highest BCUT2D eigenvalue weighted by molar-refractivity contribution is 7.20. The molecule has 1 N–H and O–H groups in total. The monoisotopic (exact) mass is 261 g/mol. The molecule has 1 aliphatic heterocycles. The molecule has 94 valence electrons. The molecule has 0 unspecified atom stereocenters. The molecule has 3 rings (SSSR count). The van der Waals surface area contributed by atoms with Gasteiger partial charge in [-0.2, -0.15) is 0 Å². The molecule has 18 heavy (non-hydrogen) atoms.